The normalized spacial score (nSPS) is 12.0. The van der Waals surface area contributed by atoms with Gasteiger partial charge in [-0.2, -0.15) is 0 Å². The van der Waals surface area contributed by atoms with Crippen LogP contribution in [0.4, 0.5) is 0 Å². The number of Topliss-reactive ketones (excluding diaryl/α,β-unsaturated/α-hetero) is 2. The van der Waals surface area contributed by atoms with Gasteiger partial charge in [-0.3, -0.25) is 14.6 Å². The first kappa shape index (κ1) is 20.0. The summed E-state index contributed by atoms with van der Waals surface area (Å²) in [6, 6.07) is 7.67. The summed E-state index contributed by atoms with van der Waals surface area (Å²) in [7, 11) is 0. The molecule has 1 atom stereocenters. The third-order valence-electron chi connectivity index (χ3n) is 4.16. The van der Waals surface area contributed by atoms with Crippen LogP contribution in [-0.2, 0) is 4.79 Å². The highest BCUT2D eigenvalue weighted by atomic mass is 32.1. The van der Waals surface area contributed by atoms with E-state index < -0.39 is 0 Å². The van der Waals surface area contributed by atoms with Crippen molar-refractivity contribution in [2.75, 3.05) is 6.54 Å². The summed E-state index contributed by atoms with van der Waals surface area (Å²) >= 11 is 1.38. The number of guanidine groups is 1. The number of hydrogen-bond donors (Lipinski definition) is 2. The molecule has 0 bridgehead atoms. The van der Waals surface area contributed by atoms with Crippen molar-refractivity contribution in [2.45, 2.75) is 45.4 Å². The van der Waals surface area contributed by atoms with E-state index in [-0.39, 0.29) is 29.9 Å². The number of para-hydroxylation sites is 1. The highest BCUT2D eigenvalue weighted by molar-refractivity contribution is 7.20. The van der Waals surface area contributed by atoms with Crippen LogP contribution in [0, 0.1) is 5.92 Å². The van der Waals surface area contributed by atoms with Crippen LogP contribution in [0.5, 0.6) is 0 Å². The minimum Gasteiger partial charge on any atom is -0.370 e. The van der Waals surface area contributed by atoms with Gasteiger partial charge >= 0.3 is 0 Å². The first-order valence-electron chi connectivity index (χ1n) is 8.98. The van der Waals surface area contributed by atoms with Crippen LogP contribution < -0.4 is 11.5 Å². The summed E-state index contributed by atoms with van der Waals surface area (Å²) in [6.07, 6.45) is 3.83. The minimum absolute atomic E-state index is 0.0399. The highest BCUT2D eigenvalue weighted by Crippen LogP contribution is 2.26. The number of benzene rings is 1. The minimum atomic E-state index is -0.367. The summed E-state index contributed by atoms with van der Waals surface area (Å²) in [5.74, 6) is -0.249. The van der Waals surface area contributed by atoms with Gasteiger partial charge in [0.05, 0.1) is 10.2 Å². The van der Waals surface area contributed by atoms with E-state index in [9.17, 15) is 9.59 Å². The fourth-order valence-corrected chi connectivity index (χ4v) is 3.76. The van der Waals surface area contributed by atoms with Gasteiger partial charge in [-0.1, -0.05) is 25.5 Å². The van der Waals surface area contributed by atoms with E-state index in [4.69, 9.17) is 11.5 Å². The molecule has 1 aromatic heterocycles. The molecule has 0 unspecified atom stereocenters. The molecule has 26 heavy (non-hydrogen) atoms. The number of carbonyl (C=O) groups excluding carboxylic acids is 2. The Labute approximate surface area is 157 Å². The number of aromatic nitrogens is 1. The van der Waals surface area contributed by atoms with E-state index in [0.29, 0.717) is 30.8 Å². The number of carbonyl (C=O) groups is 2. The Morgan fingerprint density at radius 3 is 2.69 bits per heavy atom. The van der Waals surface area contributed by atoms with Crippen LogP contribution in [0.15, 0.2) is 29.3 Å². The first-order chi connectivity index (χ1) is 12.5. The molecule has 0 aliphatic heterocycles. The molecule has 1 aromatic carbocycles. The molecule has 0 radical (unpaired) electrons. The van der Waals surface area contributed by atoms with Gasteiger partial charge in [0.2, 0.25) is 0 Å². The van der Waals surface area contributed by atoms with E-state index in [1.807, 2.05) is 31.2 Å². The number of aliphatic imine (C=N–C) groups is 1. The van der Waals surface area contributed by atoms with Gasteiger partial charge < -0.3 is 11.5 Å². The molecular weight excluding hydrogens is 348 g/mol. The van der Waals surface area contributed by atoms with Crippen molar-refractivity contribution in [2.24, 2.45) is 22.4 Å². The molecule has 0 aliphatic rings. The van der Waals surface area contributed by atoms with Crippen LogP contribution in [0.3, 0.4) is 0 Å². The van der Waals surface area contributed by atoms with E-state index in [1.54, 1.807) is 0 Å². The van der Waals surface area contributed by atoms with E-state index in [1.165, 1.54) is 11.3 Å². The van der Waals surface area contributed by atoms with Gasteiger partial charge in [0, 0.05) is 25.3 Å². The third-order valence-corrected chi connectivity index (χ3v) is 5.21. The summed E-state index contributed by atoms with van der Waals surface area (Å²) in [5.41, 5.74) is 11.5. The number of unbranched alkanes of at least 4 members (excludes halogenated alkanes) is 1. The molecule has 2 aromatic rings. The molecular formula is C19H26N4O2S. The van der Waals surface area contributed by atoms with Crippen LogP contribution in [-0.4, -0.2) is 29.1 Å². The largest absolute Gasteiger partial charge is 0.370 e. The molecule has 0 saturated carbocycles. The number of hydrogen-bond acceptors (Lipinski definition) is 5. The number of ketones is 2. The summed E-state index contributed by atoms with van der Waals surface area (Å²) < 4.78 is 0.979. The maximum atomic E-state index is 13.0. The van der Waals surface area contributed by atoms with Crippen molar-refractivity contribution in [3.8, 4) is 0 Å². The average molecular weight is 375 g/mol. The van der Waals surface area contributed by atoms with Crippen molar-refractivity contribution in [3.05, 3.63) is 29.3 Å². The lowest BCUT2D eigenvalue weighted by Gasteiger charge is -2.13. The topological polar surface area (TPSA) is 111 Å². The Balaban J connectivity index is 2.10. The second-order valence-corrected chi connectivity index (χ2v) is 7.37. The Morgan fingerprint density at radius 1 is 1.23 bits per heavy atom. The van der Waals surface area contributed by atoms with Crippen molar-refractivity contribution in [1.29, 1.82) is 0 Å². The van der Waals surface area contributed by atoms with Crippen LogP contribution in [0.2, 0.25) is 0 Å². The number of rotatable bonds is 11. The van der Waals surface area contributed by atoms with E-state index >= 15 is 0 Å². The van der Waals surface area contributed by atoms with Crippen LogP contribution >= 0.6 is 11.3 Å². The van der Waals surface area contributed by atoms with E-state index in [0.717, 1.165) is 23.1 Å². The predicted molar refractivity (Wildman–Crippen MR) is 107 cm³/mol. The van der Waals surface area contributed by atoms with E-state index in [2.05, 4.69) is 9.98 Å². The molecule has 0 saturated heterocycles. The molecule has 140 valence electrons. The zero-order chi connectivity index (χ0) is 18.9. The zero-order valence-electron chi connectivity index (χ0n) is 15.1. The summed E-state index contributed by atoms with van der Waals surface area (Å²) in [4.78, 5) is 33.6. The molecule has 0 fully saturated rings. The average Bonchev–Trinajstić information content (AvgIpc) is 3.05. The molecule has 4 N–H and O–H groups in total. The summed E-state index contributed by atoms with van der Waals surface area (Å²) in [6.45, 7) is 2.50. The Morgan fingerprint density at radius 2 is 2.00 bits per heavy atom. The fraction of sp³-hybridized carbons (Fsp3) is 0.474. The Bertz CT molecular complexity index is 748. The highest BCUT2D eigenvalue weighted by Gasteiger charge is 2.25. The van der Waals surface area contributed by atoms with Gasteiger partial charge in [-0.15, -0.1) is 11.3 Å². The molecule has 0 amide bonds. The standard InChI is InChI=1S/C19H26N4O2S/c1-2-3-8-14(24)12-13(7-6-11-22-19(20)21)17(25)18-23-15-9-4-5-10-16(15)26-18/h4-5,9-10,13H,2-3,6-8,11-12H2,1H3,(H4,20,21,22)/t13-/m1/s1. The SMILES string of the molecule is CCCCC(=O)C[C@@H](CCCN=C(N)N)C(=O)c1nc2ccccc2s1. The lowest BCUT2D eigenvalue weighted by molar-refractivity contribution is -0.119. The second kappa shape index (κ2) is 10.0. The summed E-state index contributed by atoms with van der Waals surface area (Å²) in [5, 5.41) is 0.473. The number of fused-ring (bicyclic) bond motifs is 1. The monoisotopic (exact) mass is 374 g/mol. The smallest absolute Gasteiger partial charge is 0.194 e. The van der Waals surface area contributed by atoms with Gasteiger partial charge in [-0.05, 0) is 31.4 Å². The van der Waals surface area contributed by atoms with Gasteiger partial charge in [-0.25, -0.2) is 4.98 Å². The Kier molecular flexibility index (Phi) is 7.72. The van der Waals surface area contributed by atoms with Crippen LogP contribution in [0.1, 0.15) is 55.3 Å². The lowest BCUT2D eigenvalue weighted by atomic mass is 9.91. The molecule has 0 aliphatic carbocycles. The number of nitrogens with zero attached hydrogens (tertiary/aromatic N) is 2. The van der Waals surface area contributed by atoms with Gasteiger partial charge in [0.15, 0.2) is 16.8 Å². The number of nitrogens with two attached hydrogens (primary N) is 2. The van der Waals surface area contributed by atoms with Crippen molar-refractivity contribution in [3.63, 3.8) is 0 Å². The van der Waals surface area contributed by atoms with Crippen LogP contribution in [0.25, 0.3) is 10.2 Å². The molecule has 7 heteroatoms. The predicted octanol–water partition coefficient (Wildman–Crippen LogP) is 3.30. The Hall–Kier alpha value is -2.28. The lowest BCUT2D eigenvalue weighted by Crippen LogP contribution is -2.23. The molecule has 6 nitrogen and oxygen atoms in total. The molecule has 2 rings (SSSR count). The van der Waals surface area contributed by atoms with Gasteiger partial charge in [0.1, 0.15) is 5.78 Å². The fourth-order valence-electron chi connectivity index (χ4n) is 2.77. The maximum Gasteiger partial charge on any atom is 0.194 e. The quantitative estimate of drug-likeness (QED) is 0.271. The van der Waals surface area contributed by atoms with Crippen molar-refractivity contribution < 1.29 is 9.59 Å². The van der Waals surface area contributed by atoms with Gasteiger partial charge in [0.25, 0.3) is 0 Å². The van der Waals surface area contributed by atoms with Crippen molar-refractivity contribution in [1.82, 2.24) is 4.98 Å². The zero-order valence-corrected chi connectivity index (χ0v) is 15.9. The first-order valence-corrected chi connectivity index (χ1v) is 9.79. The van der Waals surface area contributed by atoms with Crippen molar-refractivity contribution >= 4 is 39.1 Å². The number of thiazole rings is 1. The maximum absolute atomic E-state index is 13.0. The molecule has 1 heterocycles. The molecule has 0 spiro atoms. The third kappa shape index (κ3) is 5.91. The second-order valence-electron chi connectivity index (χ2n) is 6.34.